The highest BCUT2D eigenvalue weighted by Crippen LogP contribution is 2.14. The summed E-state index contributed by atoms with van der Waals surface area (Å²) in [5.41, 5.74) is -0.887. The van der Waals surface area contributed by atoms with E-state index in [0.717, 1.165) is 4.57 Å². The van der Waals surface area contributed by atoms with Crippen molar-refractivity contribution in [1.82, 2.24) is 14.9 Å². The van der Waals surface area contributed by atoms with E-state index in [1.807, 2.05) is 6.26 Å². The molecule has 2 atom stereocenters. The molecule has 0 radical (unpaired) electrons. The van der Waals surface area contributed by atoms with Gasteiger partial charge in [-0.3, -0.25) is 9.59 Å². The number of benzene rings is 1. The fraction of sp³-hybridized carbons (Fsp3) is 0.444. The molecule has 1 aromatic heterocycles. The summed E-state index contributed by atoms with van der Waals surface area (Å²) in [6.07, 6.45) is 2.06. The Kier molecular flexibility index (Phi) is 6.84. The van der Waals surface area contributed by atoms with E-state index in [0.29, 0.717) is 11.3 Å². The van der Waals surface area contributed by atoms with Crippen LogP contribution in [0.5, 0.6) is 0 Å². The molecular formula is C18H23N3O5S. The Bertz CT molecular complexity index is 950. The second kappa shape index (κ2) is 8.90. The maximum atomic E-state index is 12.9. The van der Waals surface area contributed by atoms with Crippen LogP contribution in [0.15, 0.2) is 33.9 Å². The minimum Gasteiger partial charge on any atom is -0.480 e. The Labute approximate surface area is 160 Å². The molecule has 1 heterocycles. The van der Waals surface area contributed by atoms with Crippen LogP contribution in [0.4, 0.5) is 0 Å². The van der Waals surface area contributed by atoms with E-state index >= 15 is 0 Å². The number of aromatic amines is 1. The van der Waals surface area contributed by atoms with Gasteiger partial charge < -0.3 is 15.4 Å². The minimum absolute atomic E-state index is 0.221. The molecule has 9 heteroatoms. The highest BCUT2D eigenvalue weighted by atomic mass is 32.2. The van der Waals surface area contributed by atoms with Crippen molar-refractivity contribution >= 4 is 34.5 Å². The number of carbonyl (C=O) groups is 2. The monoisotopic (exact) mass is 393 g/mol. The first-order chi connectivity index (χ1) is 12.8. The number of aromatic nitrogens is 2. The molecule has 146 valence electrons. The molecule has 2 aromatic rings. The summed E-state index contributed by atoms with van der Waals surface area (Å²) in [6.45, 7) is 3.34. The lowest BCUT2D eigenvalue weighted by molar-refractivity contribution is -0.143. The Morgan fingerprint density at radius 2 is 1.93 bits per heavy atom. The average Bonchev–Trinajstić information content (AvgIpc) is 2.61. The third-order valence-corrected chi connectivity index (χ3v) is 4.92. The van der Waals surface area contributed by atoms with E-state index in [9.17, 15) is 24.3 Å². The molecule has 2 rings (SSSR count). The predicted octanol–water partition coefficient (Wildman–Crippen LogP) is 1.21. The molecule has 3 N–H and O–H groups in total. The molecule has 0 aliphatic carbocycles. The molecule has 0 aliphatic heterocycles. The van der Waals surface area contributed by atoms with Crippen LogP contribution >= 0.6 is 11.8 Å². The topological polar surface area (TPSA) is 121 Å². The van der Waals surface area contributed by atoms with Gasteiger partial charge in [-0.25, -0.2) is 14.2 Å². The summed E-state index contributed by atoms with van der Waals surface area (Å²) in [4.78, 5) is 52.2. The Morgan fingerprint density at radius 1 is 1.26 bits per heavy atom. The van der Waals surface area contributed by atoms with Gasteiger partial charge in [-0.05, 0) is 36.5 Å². The number of amides is 1. The number of hydrogen-bond donors (Lipinski definition) is 3. The SMILES string of the molecule is CSCC[C@@H](C(=O)N[C@H](C(=O)O)C(C)C)n1c(=O)[nH]c2ccccc2c1=O. The standard InChI is InChI=1S/C18H23N3O5S/c1-10(2)14(17(24)25)20-15(22)13(8-9-27-3)21-16(23)11-6-4-5-7-12(11)19-18(21)26/h4-7,10,13-14H,8-9H2,1-3H3,(H,19,26)(H,20,22)(H,24,25)/t13-,14-/m0/s1. The van der Waals surface area contributed by atoms with Crippen molar-refractivity contribution in [2.24, 2.45) is 5.92 Å². The number of fused-ring (bicyclic) bond motifs is 1. The second-order valence-corrected chi connectivity index (χ2v) is 7.50. The normalized spacial score (nSPS) is 13.5. The lowest BCUT2D eigenvalue weighted by atomic mass is 10.0. The number of carboxylic acid groups (broad SMARTS) is 1. The van der Waals surface area contributed by atoms with Crippen molar-refractivity contribution in [1.29, 1.82) is 0 Å². The Balaban J connectivity index is 2.52. The van der Waals surface area contributed by atoms with Crippen LogP contribution in [0.2, 0.25) is 0 Å². The summed E-state index contributed by atoms with van der Waals surface area (Å²) >= 11 is 1.46. The lowest BCUT2D eigenvalue weighted by Crippen LogP contribution is -2.50. The average molecular weight is 393 g/mol. The van der Waals surface area contributed by atoms with Crippen LogP contribution in [0.1, 0.15) is 26.3 Å². The van der Waals surface area contributed by atoms with Gasteiger partial charge in [-0.15, -0.1) is 0 Å². The van der Waals surface area contributed by atoms with E-state index in [1.165, 1.54) is 11.8 Å². The summed E-state index contributed by atoms with van der Waals surface area (Å²) in [7, 11) is 0. The zero-order valence-corrected chi connectivity index (χ0v) is 16.2. The lowest BCUT2D eigenvalue weighted by Gasteiger charge is -2.23. The molecule has 0 spiro atoms. The molecule has 8 nitrogen and oxygen atoms in total. The van der Waals surface area contributed by atoms with Crippen LogP contribution < -0.4 is 16.6 Å². The molecule has 0 saturated heterocycles. The van der Waals surface area contributed by atoms with Crippen molar-refractivity contribution in [3.05, 3.63) is 45.1 Å². The highest BCUT2D eigenvalue weighted by molar-refractivity contribution is 7.98. The van der Waals surface area contributed by atoms with Gasteiger partial charge in [-0.2, -0.15) is 11.8 Å². The summed E-state index contributed by atoms with van der Waals surface area (Å²) in [6, 6.07) is 4.34. The second-order valence-electron chi connectivity index (χ2n) is 6.52. The maximum absolute atomic E-state index is 12.9. The van der Waals surface area contributed by atoms with Gasteiger partial charge in [0.25, 0.3) is 5.56 Å². The van der Waals surface area contributed by atoms with Gasteiger partial charge in [-0.1, -0.05) is 26.0 Å². The van der Waals surface area contributed by atoms with Crippen molar-refractivity contribution in [3.63, 3.8) is 0 Å². The fourth-order valence-electron chi connectivity index (χ4n) is 2.83. The molecule has 1 aromatic carbocycles. The van der Waals surface area contributed by atoms with Gasteiger partial charge in [0.2, 0.25) is 5.91 Å². The molecular weight excluding hydrogens is 370 g/mol. The highest BCUT2D eigenvalue weighted by Gasteiger charge is 2.30. The summed E-state index contributed by atoms with van der Waals surface area (Å²) in [5.74, 6) is -1.65. The number of carboxylic acids is 1. The van der Waals surface area contributed by atoms with Gasteiger partial charge >= 0.3 is 11.7 Å². The number of para-hydroxylation sites is 1. The van der Waals surface area contributed by atoms with Crippen LogP contribution in [0.25, 0.3) is 10.9 Å². The molecule has 1 amide bonds. The first-order valence-corrected chi connectivity index (χ1v) is 9.93. The van der Waals surface area contributed by atoms with E-state index < -0.39 is 35.2 Å². The number of hydrogen-bond acceptors (Lipinski definition) is 5. The van der Waals surface area contributed by atoms with Crippen LogP contribution in [-0.4, -0.2) is 44.6 Å². The largest absolute Gasteiger partial charge is 0.480 e. The predicted molar refractivity (Wildman–Crippen MR) is 105 cm³/mol. The van der Waals surface area contributed by atoms with Crippen molar-refractivity contribution < 1.29 is 14.7 Å². The Hall–Kier alpha value is -2.55. The quantitative estimate of drug-likeness (QED) is 0.620. The molecule has 0 unspecified atom stereocenters. The minimum atomic E-state index is -1.17. The fourth-order valence-corrected chi connectivity index (χ4v) is 3.29. The zero-order valence-electron chi connectivity index (χ0n) is 15.4. The van der Waals surface area contributed by atoms with Crippen LogP contribution in [-0.2, 0) is 9.59 Å². The third kappa shape index (κ3) is 4.60. The number of aliphatic carboxylic acids is 1. The summed E-state index contributed by atoms with van der Waals surface area (Å²) in [5, 5.41) is 12.1. The number of nitrogens with zero attached hydrogens (tertiary/aromatic N) is 1. The first-order valence-electron chi connectivity index (χ1n) is 8.53. The van der Waals surface area contributed by atoms with Gasteiger partial charge in [0, 0.05) is 0 Å². The number of thioether (sulfide) groups is 1. The van der Waals surface area contributed by atoms with Crippen molar-refractivity contribution in [2.75, 3.05) is 12.0 Å². The zero-order chi connectivity index (χ0) is 20.1. The van der Waals surface area contributed by atoms with Crippen molar-refractivity contribution in [3.8, 4) is 0 Å². The molecule has 0 aliphatic rings. The smallest absolute Gasteiger partial charge is 0.329 e. The summed E-state index contributed by atoms with van der Waals surface area (Å²) < 4.78 is 0.882. The van der Waals surface area contributed by atoms with Crippen molar-refractivity contribution in [2.45, 2.75) is 32.4 Å². The van der Waals surface area contributed by atoms with Crippen LogP contribution in [0, 0.1) is 5.92 Å². The van der Waals surface area contributed by atoms with E-state index in [2.05, 4.69) is 10.3 Å². The number of rotatable bonds is 8. The van der Waals surface area contributed by atoms with E-state index in [-0.39, 0.29) is 17.7 Å². The van der Waals surface area contributed by atoms with E-state index in [4.69, 9.17) is 0 Å². The molecule has 0 bridgehead atoms. The first kappa shape index (κ1) is 20.8. The third-order valence-electron chi connectivity index (χ3n) is 4.28. The molecule has 27 heavy (non-hydrogen) atoms. The van der Waals surface area contributed by atoms with Gasteiger partial charge in [0.1, 0.15) is 12.1 Å². The van der Waals surface area contributed by atoms with E-state index in [1.54, 1.807) is 38.1 Å². The van der Waals surface area contributed by atoms with Crippen LogP contribution in [0.3, 0.4) is 0 Å². The molecule has 0 saturated carbocycles. The number of carbonyl (C=O) groups excluding carboxylic acids is 1. The van der Waals surface area contributed by atoms with Gasteiger partial charge in [0.15, 0.2) is 0 Å². The molecule has 0 fully saturated rings. The maximum Gasteiger partial charge on any atom is 0.329 e. The Morgan fingerprint density at radius 3 is 2.52 bits per heavy atom. The number of H-pyrrole nitrogens is 1. The van der Waals surface area contributed by atoms with Gasteiger partial charge in [0.05, 0.1) is 10.9 Å². The number of nitrogens with one attached hydrogen (secondary N) is 2.